The van der Waals surface area contributed by atoms with Crippen LogP contribution in [-0.4, -0.2) is 42.5 Å². The third-order valence-corrected chi connectivity index (χ3v) is 6.71. The molecular weight excluding hydrogens is 505 g/mol. The molecule has 2 amide bonds. The van der Waals surface area contributed by atoms with Gasteiger partial charge in [-0.25, -0.2) is 0 Å². The Bertz CT molecular complexity index is 1020. The lowest BCUT2D eigenvalue weighted by molar-refractivity contribution is -0.114. The number of hydrogen-bond acceptors (Lipinski definition) is 5. The minimum Gasteiger partial charge on any atom is -0.380 e. The average molecular weight is 531 g/mol. The molecular formula is C24H26IN3O3. The highest BCUT2D eigenvalue weighted by Gasteiger charge is 2.29. The number of ether oxygens (including phenoxy) is 1. The highest BCUT2D eigenvalue weighted by Crippen LogP contribution is 2.27. The normalized spacial score (nSPS) is 21.1. The van der Waals surface area contributed by atoms with Gasteiger partial charge in [-0.2, -0.15) is 0 Å². The van der Waals surface area contributed by atoms with E-state index in [1.54, 1.807) is 19.4 Å². The zero-order valence-corrected chi connectivity index (χ0v) is 19.8. The maximum atomic E-state index is 12.4. The second-order valence-corrected chi connectivity index (χ2v) is 9.24. The Morgan fingerprint density at radius 3 is 2.71 bits per heavy atom. The van der Waals surface area contributed by atoms with E-state index in [9.17, 15) is 9.59 Å². The molecule has 0 spiro atoms. The van der Waals surface area contributed by atoms with Crippen molar-refractivity contribution in [2.24, 2.45) is 0 Å². The van der Waals surface area contributed by atoms with Crippen LogP contribution in [0.5, 0.6) is 0 Å². The first kappa shape index (κ1) is 22.0. The van der Waals surface area contributed by atoms with E-state index in [1.165, 1.54) is 18.4 Å². The monoisotopic (exact) mass is 531 g/mol. The number of anilines is 1. The van der Waals surface area contributed by atoms with Crippen molar-refractivity contribution in [2.75, 3.05) is 19.0 Å². The van der Waals surface area contributed by atoms with Crippen LogP contribution >= 0.6 is 22.6 Å². The van der Waals surface area contributed by atoms with Crippen LogP contribution in [0.15, 0.2) is 48.7 Å². The Balaban J connectivity index is 1.47. The summed E-state index contributed by atoms with van der Waals surface area (Å²) in [4.78, 5) is 27.0. The second-order valence-electron chi connectivity index (χ2n) is 7.99. The van der Waals surface area contributed by atoms with Gasteiger partial charge in [0.2, 0.25) is 0 Å². The topological polar surface area (TPSA) is 70.7 Å². The molecule has 31 heavy (non-hydrogen) atoms. The van der Waals surface area contributed by atoms with Crippen molar-refractivity contribution in [1.29, 1.82) is 0 Å². The molecule has 0 radical (unpaired) electrons. The van der Waals surface area contributed by atoms with Gasteiger partial charge >= 0.3 is 0 Å². The molecule has 2 unspecified atom stereocenters. The van der Waals surface area contributed by atoms with Gasteiger partial charge in [0.05, 0.1) is 11.7 Å². The molecule has 2 aromatic carbocycles. The molecule has 7 heteroatoms. The Morgan fingerprint density at radius 1 is 1.19 bits per heavy atom. The van der Waals surface area contributed by atoms with Crippen LogP contribution in [0, 0.1) is 3.57 Å². The molecule has 0 bridgehead atoms. The number of amides is 2. The second kappa shape index (κ2) is 9.50. The zero-order valence-electron chi connectivity index (χ0n) is 17.7. The van der Waals surface area contributed by atoms with Gasteiger partial charge in [0.15, 0.2) is 0 Å². The van der Waals surface area contributed by atoms with E-state index in [4.69, 9.17) is 4.74 Å². The van der Waals surface area contributed by atoms with E-state index >= 15 is 0 Å². The van der Waals surface area contributed by atoms with E-state index in [1.807, 2.05) is 24.3 Å². The van der Waals surface area contributed by atoms with E-state index < -0.39 is 5.91 Å². The predicted octanol–water partition coefficient (Wildman–Crippen LogP) is 4.01. The van der Waals surface area contributed by atoms with E-state index in [0.29, 0.717) is 22.7 Å². The van der Waals surface area contributed by atoms with Crippen molar-refractivity contribution < 1.29 is 14.3 Å². The molecule has 1 saturated heterocycles. The standard InChI is InChI=1S/C24H26IN3O3/c1-15(31-2)22-4-3-11-28(22)14-16-5-8-18(9-6-16)26-13-21-20-12-17(25)7-10-19(20)23(29)27-24(21)30/h5-10,12-13,15,22,26H,3-4,11,14H2,1-2H3,(H,27,29,30)/b21-13-. The molecule has 0 saturated carbocycles. The number of rotatable bonds is 6. The molecule has 162 valence electrons. The van der Waals surface area contributed by atoms with Gasteiger partial charge in [-0.1, -0.05) is 12.1 Å². The maximum Gasteiger partial charge on any atom is 0.260 e. The Kier molecular flexibility index (Phi) is 6.74. The first-order chi connectivity index (χ1) is 15.0. The van der Waals surface area contributed by atoms with Crippen molar-refractivity contribution >= 4 is 45.7 Å². The van der Waals surface area contributed by atoms with Crippen LogP contribution in [-0.2, 0) is 16.1 Å². The number of halogens is 1. The van der Waals surface area contributed by atoms with Gasteiger partial charge in [0.1, 0.15) is 0 Å². The first-order valence-corrected chi connectivity index (χ1v) is 11.5. The predicted molar refractivity (Wildman–Crippen MR) is 130 cm³/mol. The summed E-state index contributed by atoms with van der Waals surface area (Å²) in [6.45, 7) is 4.13. The minimum absolute atomic E-state index is 0.231. The number of nitrogens with zero attached hydrogens (tertiary/aromatic N) is 1. The van der Waals surface area contributed by atoms with Gasteiger partial charge in [0, 0.05) is 46.3 Å². The third kappa shape index (κ3) is 4.83. The number of carbonyl (C=O) groups excluding carboxylic acids is 2. The number of methoxy groups -OCH3 is 1. The molecule has 2 atom stereocenters. The van der Waals surface area contributed by atoms with Crippen molar-refractivity contribution in [3.63, 3.8) is 0 Å². The lowest BCUT2D eigenvalue weighted by Crippen LogP contribution is -2.37. The summed E-state index contributed by atoms with van der Waals surface area (Å²) < 4.78 is 6.52. The SMILES string of the molecule is COC(C)C1CCCN1Cc1ccc(N/C=C2\C(=O)NC(=O)c3ccc(I)cc32)cc1. The summed E-state index contributed by atoms with van der Waals surface area (Å²) >= 11 is 2.18. The van der Waals surface area contributed by atoms with Crippen LogP contribution in [0.2, 0.25) is 0 Å². The fourth-order valence-electron chi connectivity index (χ4n) is 4.27. The van der Waals surface area contributed by atoms with Gasteiger partial charge in [-0.3, -0.25) is 19.8 Å². The number of fused-ring (bicyclic) bond motifs is 1. The maximum absolute atomic E-state index is 12.4. The van der Waals surface area contributed by atoms with Crippen LogP contribution < -0.4 is 10.6 Å². The number of hydrogen-bond donors (Lipinski definition) is 2. The molecule has 1 fully saturated rings. The zero-order chi connectivity index (χ0) is 22.0. The molecule has 2 aliphatic heterocycles. The molecule has 6 nitrogen and oxygen atoms in total. The van der Waals surface area contributed by atoms with E-state index in [2.05, 4.69) is 57.2 Å². The molecule has 2 heterocycles. The van der Waals surface area contributed by atoms with Crippen LogP contribution in [0.4, 0.5) is 5.69 Å². The van der Waals surface area contributed by atoms with Gasteiger partial charge in [-0.15, -0.1) is 0 Å². The lowest BCUT2D eigenvalue weighted by atomic mass is 9.95. The lowest BCUT2D eigenvalue weighted by Gasteiger charge is -2.28. The number of benzene rings is 2. The fourth-order valence-corrected chi connectivity index (χ4v) is 4.77. The Labute approximate surface area is 196 Å². The fraction of sp³-hybridized carbons (Fsp3) is 0.333. The highest BCUT2D eigenvalue weighted by molar-refractivity contribution is 14.1. The van der Waals surface area contributed by atoms with Crippen molar-refractivity contribution in [3.8, 4) is 0 Å². The highest BCUT2D eigenvalue weighted by atomic mass is 127. The van der Waals surface area contributed by atoms with Crippen LogP contribution in [0.25, 0.3) is 5.57 Å². The third-order valence-electron chi connectivity index (χ3n) is 6.04. The summed E-state index contributed by atoms with van der Waals surface area (Å²) in [6, 6.07) is 14.2. The Morgan fingerprint density at radius 2 is 1.97 bits per heavy atom. The molecule has 2 aliphatic rings. The number of imide groups is 1. The number of nitrogens with one attached hydrogen (secondary N) is 2. The Hall–Kier alpha value is -2.23. The first-order valence-electron chi connectivity index (χ1n) is 10.4. The van der Waals surface area contributed by atoms with Gasteiger partial charge in [0.25, 0.3) is 11.8 Å². The smallest absolute Gasteiger partial charge is 0.260 e. The molecule has 0 aliphatic carbocycles. The summed E-state index contributed by atoms with van der Waals surface area (Å²) in [7, 11) is 1.78. The van der Waals surface area contributed by atoms with Crippen molar-refractivity contribution in [1.82, 2.24) is 10.2 Å². The quantitative estimate of drug-likeness (QED) is 0.335. The molecule has 2 N–H and O–H groups in total. The summed E-state index contributed by atoms with van der Waals surface area (Å²) in [6.07, 6.45) is 4.28. The molecule has 4 rings (SSSR count). The molecule has 0 aromatic heterocycles. The van der Waals surface area contributed by atoms with E-state index in [0.717, 1.165) is 22.3 Å². The summed E-state index contributed by atoms with van der Waals surface area (Å²) in [5.74, 6) is -0.753. The summed E-state index contributed by atoms with van der Waals surface area (Å²) in [5, 5.41) is 5.61. The minimum atomic E-state index is -0.393. The van der Waals surface area contributed by atoms with E-state index in [-0.39, 0.29) is 12.0 Å². The largest absolute Gasteiger partial charge is 0.380 e. The van der Waals surface area contributed by atoms with Crippen molar-refractivity contribution in [2.45, 2.75) is 38.5 Å². The van der Waals surface area contributed by atoms with Crippen LogP contribution in [0.1, 0.15) is 41.3 Å². The average Bonchev–Trinajstić information content (AvgIpc) is 3.22. The van der Waals surface area contributed by atoms with Crippen LogP contribution in [0.3, 0.4) is 0 Å². The summed E-state index contributed by atoms with van der Waals surface area (Å²) in [5.41, 5.74) is 3.74. The van der Waals surface area contributed by atoms with Gasteiger partial charge in [-0.05, 0) is 84.8 Å². The van der Waals surface area contributed by atoms with Gasteiger partial charge < -0.3 is 10.1 Å². The van der Waals surface area contributed by atoms with Crippen molar-refractivity contribution in [3.05, 3.63) is 68.9 Å². The number of carbonyl (C=O) groups is 2. The number of likely N-dealkylation sites (tertiary alicyclic amines) is 1. The molecule has 2 aromatic rings.